The molecule has 0 amide bonds. The SMILES string of the molecule is Cc1cc(-c2ccc(NC(C)C)nc2)c(C)c(C)c1-c1ccc(CC2CCCC2)c(F)c1. The first-order chi connectivity index (χ1) is 15.3. The molecule has 0 radical (unpaired) electrons. The zero-order valence-electron chi connectivity index (χ0n) is 20.1. The highest BCUT2D eigenvalue weighted by Gasteiger charge is 2.19. The van der Waals surface area contributed by atoms with Gasteiger partial charge in [0.05, 0.1) is 0 Å². The van der Waals surface area contributed by atoms with E-state index in [-0.39, 0.29) is 5.82 Å². The second-order valence-electron chi connectivity index (χ2n) is 9.76. The normalized spacial score (nSPS) is 14.3. The highest BCUT2D eigenvalue weighted by molar-refractivity contribution is 5.80. The number of anilines is 1. The molecule has 1 N–H and O–H groups in total. The maximum absolute atomic E-state index is 15.0. The summed E-state index contributed by atoms with van der Waals surface area (Å²) >= 11 is 0. The van der Waals surface area contributed by atoms with Crippen molar-refractivity contribution in [2.45, 2.75) is 72.8 Å². The molecule has 1 fully saturated rings. The van der Waals surface area contributed by atoms with Crippen LogP contribution in [-0.4, -0.2) is 11.0 Å². The van der Waals surface area contributed by atoms with Crippen molar-refractivity contribution in [1.82, 2.24) is 4.98 Å². The zero-order valence-corrected chi connectivity index (χ0v) is 20.1. The van der Waals surface area contributed by atoms with Crippen molar-refractivity contribution in [3.8, 4) is 22.3 Å². The van der Waals surface area contributed by atoms with Crippen molar-refractivity contribution < 1.29 is 4.39 Å². The van der Waals surface area contributed by atoms with Gasteiger partial charge < -0.3 is 5.32 Å². The fraction of sp³-hybridized carbons (Fsp3) is 0.414. The molecule has 4 rings (SSSR count). The summed E-state index contributed by atoms with van der Waals surface area (Å²) in [5.74, 6) is 1.48. The maximum atomic E-state index is 15.0. The van der Waals surface area contributed by atoms with E-state index in [2.05, 4.69) is 63.1 Å². The number of hydrogen-bond donors (Lipinski definition) is 1. The van der Waals surface area contributed by atoms with Crippen molar-refractivity contribution in [3.05, 3.63) is 70.7 Å². The van der Waals surface area contributed by atoms with Gasteiger partial charge in [-0.25, -0.2) is 9.37 Å². The number of hydrogen-bond acceptors (Lipinski definition) is 2. The Bertz CT molecular complexity index is 1090. The largest absolute Gasteiger partial charge is 0.368 e. The summed E-state index contributed by atoms with van der Waals surface area (Å²) in [6.07, 6.45) is 7.87. The van der Waals surface area contributed by atoms with Crippen LogP contribution in [0.3, 0.4) is 0 Å². The minimum atomic E-state index is -0.0626. The Labute approximate surface area is 192 Å². The van der Waals surface area contributed by atoms with Crippen LogP contribution < -0.4 is 5.32 Å². The van der Waals surface area contributed by atoms with E-state index in [1.54, 1.807) is 6.07 Å². The topological polar surface area (TPSA) is 24.9 Å². The van der Waals surface area contributed by atoms with Gasteiger partial charge in [0.1, 0.15) is 11.6 Å². The standard InChI is InChI=1S/C29H35FN2/c1-18(2)32-28-13-12-25(17-31-28)26-14-19(3)29(21(5)20(26)4)24-11-10-23(27(30)16-24)15-22-8-6-7-9-22/h10-14,16-18,22H,6-9,15H2,1-5H3,(H,31,32). The Morgan fingerprint density at radius 3 is 2.31 bits per heavy atom. The molecule has 0 spiro atoms. The summed E-state index contributed by atoms with van der Waals surface area (Å²) in [5.41, 5.74) is 8.85. The molecule has 2 aromatic carbocycles. The van der Waals surface area contributed by atoms with Crippen LogP contribution in [-0.2, 0) is 6.42 Å². The van der Waals surface area contributed by atoms with Crippen LogP contribution in [0.15, 0.2) is 42.6 Å². The number of halogens is 1. The molecule has 1 aliphatic rings. The third-order valence-corrected chi connectivity index (χ3v) is 6.93. The molecule has 0 saturated heterocycles. The molecule has 1 saturated carbocycles. The van der Waals surface area contributed by atoms with Crippen LogP contribution >= 0.6 is 0 Å². The smallest absolute Gasteiger partial charge is 0.127 e. The van der Waals surface area contributed by atoms with Crippen LogP contribution in [0.2, 0.25) is 0 Å². The maximum Gasteiger partial charge on any atom is 0.127 e. The van der Waals surface area contributed by atoms with Gasteiger partial charge in [-0.05, 0) is 104 Å². The lowest BCUT2D eigenvalue weighted by atomic mass is 9.87. The Morgan fingerprint density at radius 1 is 0.969 bits per heavy atom. The van der Waals surface area contributed by atoms with Gasteiger partial charge >= 0.3 is 0 Å². The summed E-state index contributed by atoms with van der Waals surface area (Å²) in [5, 5.41) is 3.34. The van der Waals surface area contributed by atoms with E-state index in [4.69, 9.17) is 0 Å². The summed E-state index contributed by atoms with van der Waals surface area (Å²) in [7, 11) is 0. The van der Waals surface area contributed by atoms with Gasteiger partial charge in [-0.2, -0.15) is 0 Å². The lowest BCUT2D eigenvalue weighted by Crippen LogP contribution is -2.10. The van der Waals surface area contributed by atoms with E-state index in [9.17, 15) is 0 Å². The fourth-order valence-corrected chi connectivity index (χ4v) is 5.15. The molecule has 2 nitrogen and oxygen atoms in total. The molecule has 1 aliphatic carbocycles. The monoisotopic (exact) mass is 430 g/mol. The number of aromatic nitrogens is 1. The van der Waals surface area contributed by atoms with E-state index >= 15 is 4.39 Å². The van der Waals surface area contributed by atoms with Crippen molar-refractivity contribution >= 4 is 5.82 Å². The van der Waals surface area contributed by atoms with Crippen LogP contribution in [0.1, 0.15) is 61.8 Å². The molecule has 1 heterocycles. The van der Waals surface area contributed by atoms with Crippen LogP contribution in [0.25, 0.3) is 22.3 Å². The van der Waals surface area contributed by atoms with E-state index in [1.165, 1.54) is 42.4 Å². The van der Waals surface area contributed by atoms with Crippen molar-refractivity contribution in [2.24, 2.45) is 5.92 Å². The zero-order chi connectivity index (χ0) is 22.8. The lowest BCUT2D eigenvalue weighted by Gasteiger charge is -2.18. The van der Waals surface area contributed by atoms with Gasteiger partial charge in [0.2, 0.25) is 0 Å². The average Bonchev–Trinajstić information content (AvgIpc) is 3.26. The Hall–Kier alpha value is -2.68. The molecule has 32 heavy (non-hydrogen) atoms. The summed E-state index contributed by atoms with van der Waals surface area (Å²) in [6.45, 7) is 10.6. The van der Waals surface area contributed by atoms with E-state index in [0.29, 0.717) is 12.0 Å². The van der Waals surface area contributed by atoms with Crippen LogP contribution in [0, 0.1) is 32.5 Å². The second kappa shape index (κ2) is 9.44. The van der Waals surface area contributed by atoms with Crippen molar-refractivity contribution in [3.63, 3.8) is 0 Å². The first kappa shape index (κ1) is 22.5. The van der Waals surface area contributed by atoms with Crippen molar-refractivity contribution in [2.75, 3.05) is 5.32 Å². The first-order valence-corrected chi connectivity index (χ1v) is 12.0. The Morgan fingerprint density at radius 2 is 1.69 bits per heavy atom. The summed E-state index contributed by atoms with van der Waals surface area (Å²) in [6, 6.07) is 12.6. The number of benzene rings is 2. The van der Waals surface area contributed by atoms with E-state index in [1.807, 2.05) is 18.3 Å². The molecule has 3 heteroatoms. The van der Waals surface area contributed by atoms with E-state index < -0.39 is 0 Å². The predicted molar refractivity (Wildman–Crippen MR) is 134 cm³/mol. The molecule has 0 aliphatic heterocycles. The highest BCUT2D eigenvalue weighted by Crippen LogP contribution is 2.37. The van der Waals surface area contributed by atoms with Crippen molar-refractivity contribution in [1.29, 1.82) is 0 Å². The molecule has 0 atom stereocenters. The third-order valence-electron chi connectivity index (χ3n) is 6.93. The lowest BCUT2D eigenvalue weighted by molar-refractivity contribution is 0.521. The highest BCUT2D eigenvalue weighted by atomic mass is 19.1. The summed E-state index contributed by atoms with van der Waals surface area (Å²) in [4.78, 5) is 4.58. The number of pyridine rings is 1. The van der Waals surface area contributed by atoms with Gasteiger partial charge in [0.15, 0.2) is 0 Å². The number of rotatable bonds is 6. The van der Waals surface area contributed by atoms with Crippen LogP contribution in [0.5, 0.6) is 0 Å². The molecule has 0 unspecified atom stereocenters. The summed E-state index contributed by atoms with van der Waals surface area (Å²) < 4.78 is 15.0. The second-order valence-corrected chi connectivity index (χ2v) is 9.76. The number of aryl methyl sites for hydroxylation is 1. The Balaban J connectivity index is 1.64. The van der Waals surface area contributed by atoms with Crippen LogP contribution in [0.4, 0.5) is 10.2 Å². The molecular formula is C29H35FN2. The van der Waals surface area contributed by atoms with Gasteiger partial charge in [-0.15, -0.1) is 0 Å². The minimum absolute atomic E-state index is 0.0626. The number of nitrogens with one attached hydrogen (secondary N) is 1. The molecule has 3 aromatic rings. The van der Waals surface area contributed by atoms with Gasteiger partial charge in [0.25, 0.3) is 0 Å². The number of nitrogens with zero attached hydrogens (tertiary/aromatic N) is 1. The average molecular weight is 431 g/mol. The Kier molecular flexibility index (Phi) is 6.64. The van der Waals surface area contributed by atoms with Gasteiger partial charge in [0, 0.05) is 17.8 Å². The van der Waals surface area contributed by atoms with E-state index in [0.717, 1.165) is 40.1 Å². The molecule has 168 valence electrons. The molecule has 0 bridgehead atoms. The fourth-order valence-electron chi connectivity index (χ4n) is 5.15. The van der Waals surface area contributed by atoms with Gasteiger partial charge in [-0.3, -0.25) is 0 Å². The predicted octanol–water partition coefficient (Wildman–Crippen LogP) is 8.03. The third kappa shape index (κ3) is 4.72. The quantitative estimate of drug-likeness (QED) is 0.428. The minimum Gasteiger partial charge on any atom is -0.368 e. The van der Waals surface area contributed by atoms with Gasteiger partial charge in [-0.1, -0.05) is 43.9 Å². The first-order valence-electron chi connectivity index (χ1n) is 12.0. The molecular weight excluding hydrogens is 395 g/mol. The molecule has 1 aromatic heterocycles.